The van der Waals surface area contributed by atoms with Crippen LogP contribution < -0.4 is 24.4 Å². The van der Waals surface area contributed by atoms with Gasteiger partial charge in [0.15, 0.2) is 4.80 Å². The summed E-state index contributed by atoms with van der Waals surface area (Å²) >= 11 is 2.87. The van der Waals surface area contributed by atoms with E-state index < -0.39 is 12.0 Å². The van der Waals surface area contributed by atoms with Gasteiger partial charge in [0.05, 0.1) is 36.1 Å². The fourth-order valence-corrected chi connectivity index (χ4v) is 5.82. The number of allylic oxidation sites excluding steroid dienone is 1. The number of carbonyl (C=O) groups is 1. The van der Waals surface area contributed by atoms with E-state index in [1.54, 1.807) is 69.1 Å². The highest BCUT2D eigenvalue weighted by Gasteiger charge is 2.35. The lowest BCUT2D eigenvalue weighted by molar-refractivity contribution is -0.143. The van der Waals surface area contributed by atoms with Crippen LogP contribution in [0.1, 0.15) is 42.8 Å². The van der Waals surface area contributed by atoms with E-state index in [1.807, 2.05) is 24.4 Å². The number of hydrogen-bond donors (Lipinski definition) is 0. The number of methoxy groups -OCH3 is 2. The molecule has 1 aliphatic heterocycles. The summed E-state index contributed by atoms with van der Waals surface area (Å²) in [5.41, 5.74) is 2.28. The molecule has 0 bridgehead atoms. The zero-order valence-corrected chi connectivity index (χ0v) is 21.5. The zero-order valence-electron chi connectivity index (χ0n) is 19.9. The predicted molar refractivity (Wildman–Crippen MR) is 134 cm³/mol. The summed E-state index contributed by atoms with van der Waals surface area (Å²) in [6, 6.07) is 6.56. The van der Waals surface area contributed by atoms with Gasteiger partial charge in [-0.3, -0.25) is 9.36 Å². The zero-order chi connectivity index (χ0) is 24.6. The van der Waals surface area contributed by atoms with Gasteiger partial charge in [-0.05, 0) is 69.0 Å². The lowest BCUT2D eigenvalue weighted by Crippen LogP contribution is -2.40. The van der Waals surface area contributed by atoms with Gasteiger partial charge in [0, 0.05) is 10.4 Å². The summed E-state index contributed by atoms with van der Waals surface area (Å²) in [5, 5.41) is 1.99. The lowest BCUT2D eigenvalue weighted by atomic mass is 9.94. The number of esters is 1. The molecule has 0 radical (unpaired) electrons. The molecule has 9 heteroatoms. The monoisotopic (exact) mass is 498 g/mol. The van der Waals surface area contributed by atoms with Crippen LogP contribution in [0.25, 0.3) is 6.08 Å². The van der Waals surface area contributed by atoms with Crippen LogP contribution in [0.5, 0.6) is 11.5 Å². The van der Waals surface area contributed by atoms with Crippen molar-refractivity contribution in [3.8, 4) is 11.5 Å². The highest BCUT2D eigenvalue weighted by molar-refractivity contribution is 7.11. The molecule has 1 aliphatic rings. The Hall–Kier alpha value is -3.17. The number of nitrogens with zero attached hydrogens (tertiary/aromatic N) is 2. The highest BCUT2D eigenvalue weighted by Crippen LogP contribution is 2.38. The second-order valence-corrected chi connectivity index (χ2v) is 10.1. The van der Waals surface area contributed by atoms with Crippen molar-refractivity contribution in [2.75, 3.05) is 14.2 Å². The maximum Gasteiger partial charge on any atom is 0.338 e. The Bertz CT molecular complexity index is 1460. The third-order valence-corrected chi connectivity index (χ3v) is 7.43. The van der Waals surface area contributed by atoms with Gasteiger partial charge in [0.1, 0.15) is 17.5 Å². The quantitative estimate of drug-likeness (QED) is 0.486. The van der Waals surface area contributed by atoms with Crippen LogP contribution in [-0.2, 0) is 9.53 Å². The third kappa shape index (κ3) is 4.33. The lowest BCUT2D eigenvalue weighted by Gasteiger charge is -2.26. The van der Waals surface area contributed by atoms with E-state index in [9.17, 15) is 9.59 Å². The number of ether oxygens (including phenoxy) is 3. The largest absolute Gasteiger partial charge is 0.497 e. The molecule has 0 N–H and O–H groups in total. The Balaban J connectivity index is 2.03. The first-order valence-electron chi connectivity index (χ1n) is 10.7. The van der Waals surface area contributed by atoms with E-state index in [2.05, 4.69) is 4.99 Å². The van der Waals surface area contributed by atoms with E-state index in [1.165, 1.54) is 11.3 Å². The topological polar surface area (TPSA) is 79.1 Å². The molecule has 3 heterocycles. The van der Waals surface area contributed by atoms with Crippen molar-refractivity contribution >= 4 is 34.7 Å². The van der Waals surface area contributed by atoms with Crippen LogP contribution in [0, 0.1) is 6.92 Å². The van der Waals surface area contributed by atoms with Crippen molar-refractivity contribution in [3.63, 3.8) is 0 Å². The minimum absolute atomic E-state index is 0.228. The summed E-state index contributed by atoms with van der Waals surface area (Å²) in [7, 11) is 3.12. The molecule has 1 unspecified atom stereocenters. The summed E-state index contributed by atoms with van der Waals surface area (Å²) in [6.07, 6.45) is 1.56. The fourth-order valence-electron chi connectivity index (χ4n) is 3.86. The minimum atomic E-state index is -0.779. The first-order valence-corrected chi connectivity index (χ1v) is 12.4. The second-order valence-electron chi connectivity index (χ2n) is 8.11. The number of hydrogen-bond acceptors (Lipinski definition) is 8. The first-order chi connectivity index (χ1) is 16.2. The molecular formula is C25H26N2O5S2. The van der Waals surface area contributed by atoms with Crippen molar-refractivity contribution < 1.29 is 19.0 Å². The van der Waals surface area contributed by atoms with Gasteiger partial charge in [0.2, 0.25) is 0 Å². The molecule has 0 saturated heterocycles. The Labute approximate surface area is 205 Å². The number of rotatable bonds is 6. The van der Waals surface area contributed by atoms with Gasteiger partial charge in [-0.2, -0.15) is 0 Å². The number of thiazole rings is 1. The van der Waals surface area contributed by atoms with Crippen LogP contribution in [0.15, 0.2) is 50.7 Å². The third-order valence-electron chi connectivity index (χ3n) is 5.48. The SMILES string of the molecule is COc1ccc(OC)c(C2C(C(=O)OC(C)C)=C(C)N=c3s/c(=C\c4sccc4C)c(=O)n32)c1. The van der Waals surface area contributed by atoms with Crippen LogP contribution in [0.2, 0.25) is 0 Å². The van der Waals surface area contributed by atoms with E-state index in [0.717, 1.165) is 10.4 Å². The predicted octanol–water partition coefficient (Wildman–Crippen LogP) is 3.57. The van der Waals surface area contributed by atoms with Crippen LogP contribution in [-0.4, -0.2) is 30.9 Å². The van der Waals surface area contributed by atoms with Crippen molar-refractivity contribution in [2.24, 2.45) is 4.99 Å². The van der Waals surface area contributed by atoms with Gasteiger partial charge < -0.3 is 14.2 Å². The fraction of sp³-hybridized carbons (Fsp3) is 0.320. The summed E-state index contributed by atoms with van der Waals surface area (Å²) in [4.78, 5) is 33.1. The molecule has 0 spiro atoms. The van der Waals surface area contributed by atoms with Crippen LogP contribution in [0.4, 0.5) is 0 Å². The summed E-state index contributed by atoms with van der Waals surface area (Å²) < 4.78 is 18.7. The van der Waals surface area contributed by atoms with Gasteiger partial charge in [-0.25, -0.2) is 9.79 Å². The second kappa shape index (κ2) is 9.60. The number of benzene rings is 1. The van der Waals surface area contributed by atoms with Crippen LogP contribution in [0.3, 0.4) is 0 Å². The molecule has 1 atom stereocenters. The molecule has 178 valence electrons. The smallest absolute Gasteiger partial charge is 0.338 e. The molecule has 1 aromatic carbocycles. The standard InChI is InChI=1S/C25H26N2O5S2/c1-13(2)32-24(29)21-15(4)26-25-27(22(21)17-11-16(30-5)7-8-18(17)31-6)23(28)20(34-25)12-19-14(3)9-10-33-19/h7-13,22H,1-6H3/b20-12-. The number of fused-ring (bicyclic) bond motifs is 1. The summed E-state index contributed by atoms with van der Waals surface area (Å²) in [5.74, 6) is 0.590. The molecule has 4 rings (SSSR count). The molecule has 0 amide bonds. The Morgan fingerprint density at radius 3 is 2.56 bits per heavy atom. The number of carbonyl (C=O) groups excluding carboxylic acids is 1. The molecule has 7 nitrogen and oxygen atoms in total. The molecule has 0 saturated carbocycles. The number of thiophene rings is 1. The maximum absolute atomic E-state index is 13.7. The van der Waals surface area contributed by atoms with Crippen molar-refractivity contribution in [1.29, 1.82) is 0 Å². The Morgan fingerprint density at radius 1 is 1.18 bits per heavy atom. The van der Waals surface area contributed by atoms with Gasteiger partial charge >= 0.3 is 5.97 Å². The van der Waals surface area contributed by atoms with Gasteiger partial charge in [-0.1, -0.05) is 11.3 Å². The highest BCUT2D eigenvalue weighted by atomic mass is 32.1. The Kier molecular flexibility index (Phi) is 6.77. The molecule has 3 aromatic rings. The molecule has 0 aliphatic carbocycles. The van der Waals surface area contributed by atoms with Gasteiger partial charge in [-0.15, -0.1) is 11.3 Å². The normalized spacial score (nSPS) is 15.9. The van der Waals surface area contributed by atoms with Crippen molar-refractivity contribution in [3.05, 3.63) is 76.6 Å². The van der Waals surface area contributed by atoms with Gasteiger partial charge in [0.25, 0.3) is 5.56 Å². The number of aryl methyl sites for hydroxylation is 1. The number of aromatic nitrogens is 1. The van der Waals surface area contributed by atoms with E-state index >= 15 is 0 Å². The Morgan fingerprint density at radius 2 is 1.94 bits per heavy atom. The minimum Gasteiger partial charge on any atom is -0.497 e. The van der Waals surface area contributed by atoms with E-state index in [0.29, 0.717) is 37.7 Å². The average molecular weight is 499 g/mol. The van der Waals surface area contributed by atoms with Crippen molar-refractivity contribution in [2.45, 2.75) is 39.8 Å². The van der Waals surface area contributed by atoms with E-state index in [4.69, 9.17) is 14.2 Å². The maximum atomic E-state index is 13.7. The molecule has 34 heavy (non-hydrogen) atoms. The average Bonchev–Trinajstić information content (AvgIpc) is 3.34. The molecular weight excluding hydrogens is 472 g/mol. The molecule has 0 fully saturated rings. The molecule has 2 aromatic heterocycles. The first kappa shape index (κ1) is 24.0. The van der Waals surface area contributed by atoms with Crippen LogP contribution >= 0.6 is 22.7 Å². The van der Waals surface area contributed by atoms with Crippen molar-refractivity contribution in [1.82, 2.24) is 4.57 Å². The summed E-state index contributed by atoms with van der Waals surface area (Å²) in [6.45, 7) is 7.34. The van der Waals surface area contributed by atoms with E-state index in [-0.39, 0.29) is 11.7 Å².